The van der Waals surface area contributed by atoms with Crippen LogP contribution in [0.3, 0.4) is 0 Å². The third-order valence-corrected chi connectivity index (χ3v) is 12.1. The van der Waals surface area contributed by atoms with Crippen molar-refractivity contribution in [1.29, 1.82) is 0 Å². The van der Waals surface area contributed by atoms with Crippen LogP contribution < -0.4 is 4.89 Å². The Hall–Kier alpha value is -1.77. The van der Waals surface area contributed by atoms with Crippen molar-refractivity contribution in [2.75, 3.05) is 47.5 Å². The summed E-state index contributed by atoms with van der Waals surface area (Å²) in [5, 5.41) is 0. The Morgan fingerprint density at radius 3 is 1.34 bits per heavy atom. The molecular formula is C52H98NO8P. The van der Waals surface area contributed by atoms with E-state index in [-0.39, 0.29) is 26.1 Å². The number of likely N-dealkylation sites (N-methyl/N-ethyl adjacent to an activating group) is 1. The largest absolute Gasteiger partial charge is 0.756 e. The maximum Gasteiger partial charge on any atom is 0.306 e. The first-order valence-corrected chi connectivity index (χ1v) is 27.2. The Morgan fingerprint density at radius 2 is 0.887 bits per heavy atom. The van der Waals surface area contributed by atoms with Crippen LogP contribution in [0.2, 0.25) is 0 Å². The van der Waals surface area contributed by atoms with Crippen LogP contribution in [-0.2, 0) is 32.7 Å². The number of ether oxygens (including phenoxy) is 2. The van der Waals surface area contributed by atoms with Crippen molar-refractivity contribution in [3.05, 3.63) is 36.5 Å². The summed E-state index contributed by atoms with van der Waals surface area (Å²) < 4.78 is 34.0. The molecule has 0 aromatic carbocycles. The Bertz CT molecular complexity index is 1150. The summed E-state index contributed by atoms with van der Waals surface area (Å²) >= 11 is 0. The number of hydrogen-bond donors (Lipinski definition) is 0. The molecule has 0 fully saturated rings. The number of allylic oxidation sites excluding steroid dienone is 6. The highest BCUT2D eigenvalue weighted by Crippen LogP contribution is 2.38. The number of phosphoric acid groups is 1. The first kappa shape index (κ1) is 60.2. The lowest BCUT2D eigenvalue weighted by atomic mass is 10.0. The van der Waals surface area contributed by atoms with Crippen LogP contribution in [0, 0.1) is 0 Å². The maximum atomic E-state index is 12.7. The van der Waals surface area contributed by atoms with Gasteiger partial charge in [-0.3, -0.25) is 14.2 Å². The minimum atomic E-state index is -4.64. The highest BCUT2D eigenvalue weighted by molar-refractivity contribution is 7.45. The van der Waals surface area contributed by atoms with Gasteiger partial charge in [-0.15, -0.1) is 0 Å². The number of phosphoric ester groups is 1. The molecule has 62 heavy (non-hydrogen) atoms. The molecule has 0 rings (SSSR count). The average molecular weight is 896 g/mol. The summed E-state index contributed by atoms with van der Waals surface area (Å²) in [6.07, 6.45) is 51.9. The zero-order valence-electron chi connectivity index (χ0n) is 41.1. The second-order valence-electron chi connectivity index (χ2n) is 18.5. The van der Waals surface area contributed by atoms with E-state index in [0.717, 1.165) is 44.9 Å². The maximum absolute atomic E-state index is 12.7. The van der Waals surface area contributed by atoms with Gasteiger partial charge in [0.2, 0.25) is 0 Å². The number of nitrogens with zero attached hydrogens (tertiary/aromatic N) is 1. The molecule has 0 aromatic heterocycles. The zero-order valence-corrected chi connectivity index (χ0v) is 42.0. The van der Waals surface area contributed by atoms with Gasteiger partial charge in [-0.2, -0.15) is 0 Å². The lowest BCUT2D eigenvalue weighted by Crippen LogP contribution is -2.37. The van der Waals surface area contributed by atoms with Crippen molar-refractivity contribution in [2.24, 2.45) is 0 Å². The van der Waals surface area contributed by atoms with Crippen LogP contribution >= 0.6 is 7.82 Å². The number of esters is 2. The molecule has 10 heteroatoms. The van der Waals surface area contributed by atoms with Gasteiger partial charge in [0.05, 0.1) is 27.7 Å². The molecule has 0 bridgehead atoms. The predicted octanol–water partition coefficient (Wildman–Crippen LogP) is 14.6. The van der Waals surface area contributed by atoms with E-state index in [1.807, 2.05) is 21.1 Å². The van der Waals surface area contributed by atoms with Crippen molar-refractivity contribution in [3.8, 4) is 0 Å². The summed E-state index contributed by atoms with van der Waals surface area (Å²) in [5.74, 6) is -0.886. The number of hydrogen-bond acceptors (Lipinski definition) is 8. The van der Waals surface area contributed by atoms with Gasteiger partial charge in [0.15, 0.2) is 6.10 Å². The minimum Gasteiger partial charge on any atom is -0.756 e. The second-order valence-corrected chi connectivity index (χ2v) is 20.0. The zero-order chi connectivity index (χ0) is 45.7. The molecule has 0 aromatic rings. The molecule has 0 saturated carbocycles. The molecule has 364 valence electrons. The van der Waals surface area contributed by atoms with E-state index < -0.39 is 32.5 Å². The number of rotatable bonds is 47. The third-order valence-electron chi connectivity index (χ3n) is 11.2. The van der Waals surface area contributed by atoms with Gasteiger partial charge in [0.1, 0.15) is 19.8 Å². The Labute approximate surface area is 382 Å². The Balaban J connectivity index is 4.29. The van der Waals surface area contributed by atoms with Crippen LogP contribution in [0.15, 0.2) is 36.5 Å². The first-order valence-electron chi connectivity index (χ1n) is 25.7. The quantitative estimate of drug-likeness (QED) is 0.0195. The minimum absolute atomic E-state index is 0.0371. The van der Waals surface area contributed by atoms with Crippen LogP contribution in [0.4, 0.5) is 0 Å². The summed E-state index contributed by atoms with van der Waals surface area (Å²) in [6, 6.07) is 0. The van der Waals surface area contributed by atoms with Crippen molar-refractivity contribution in [3.63, 3.8) is 0 Å². The van der Waals surface area contributed by atoms with E-state index in [4.69, 9.17) is 18.5 Å². The van der Waals surface area contributed by atoms with E-state index in [2.05, 4.69) is 50.3 Å². The van der Waals surface area contributed by atoms with Crippen LogP contribution in [0.25, 0.3) is 0 Å². The molecule has 0 N–H and O–H groups in total. The molecule has 0 radical (unpaired) electrons. The summed E-state index contributed by atoms with van der Waals surface area (Å²) in [5.41, 5.74) is 0. The summed E-state index contributed by atoms with van der Waals surface area (Å²) in [6.45, 7) is 4.20. The van der Waals surface area contributed by atoms with E-state index in [1.54, 1.807) is 0 Å². The molecule has 0 saturated heterocycles. The smallest absolute Gasteiger partial charge is 0.306 e. The number of carbonyl (C=O) groups excluding carboxylic acids is 2. The van der Waals surface area contributed by atoms with E-state index in [9.17, 15) is 19.0 Å². The SMILES string of the molecule is CCCCCCCC/C=C/C/C=C/C/C=C/CCCC(=O)OC[C@H](COP(=O)([O-])OCC[N+](C)(C)C)OC(=O)CCCCCCCCCCCCCCCCCCCCCCC. The fourth-order valence-electron chi connectivity index (χ4n) is 7.14. The number of unbranched alkanes of at least 4 members (excludes halogenated alkanes) is 27. The summed E-state index contributed by atoms with van der Waals surface area (Å²) in [7, 11) is 1.15. The van der Waals surface area contributed by atoms with Gasteiger partial charge >= 0.3 is 11.9 Å². The molecule has 0 aliphatic rings. The van der Waals surface area contributed by atoms with Crippen molar-refractivity contribution >= 4 is 19.8 Å². The van der Waals surface area contributed by atoms with Gasteiger partial charge in [-0.05, 0) is 44.9 Å². The third kappa shape index (κ3) is 47.7. The fourth-order valence-corrected chi connectivity index (χ4v) is 7.87. The van der Waals surface area contributed by atoms with Crippen molar-refractivity contribution in [1.82, 2.24) is 0 Å². The van der Waals surface area contributed by atoms with Crippen LogP contribution in [0.1, 0.15) is 232 Å². The number of quaternary nitrogens is 1. The average Bonchev–Trinajstić information content (AvgIpc) is 3.23. The Kier molecular flexibility index (Phi) is 43.2. The normalized spacial score (nSPS) is 13.7. The van der Waals surface area contributed by atoms with Gasteiger partial charge in [-0.1, -0.05) is 211 Å². The van der Waals surface area contributed by atoms with Crippen LogP contribution in [-0.4, -0.2) is 70.0 Å². The van der Waals surface area contributed by atoms with Crippen molar-refractivity contribution in [2.45, 2.75) is 238 Å². The molecule has 0 amide bonds. The molecule has 0 heterocycles. The molecule has 1 unspecified atom stereocenters. The van der Waals surface area contributed by atoms with Gasteiger partial charge in [-0.25, -0.2) is 0 Å². The predicted molar refractivity (Wildman–Crippen MR) is 259 cm³/mol. The first-order chi connectivity index (χ1) is 30.0. The Morgan fingerprint density at radius 1 is 0.500 bits per heavy atom. The lowest BCUT2D eigenvalue weighted by molar-refractivity contribution is -0.870. The lowest BCUT2D eigenvalue weighted by Gasteiger charge is -2.28. The van der Waals surface area contributed by atoms with Crippen LogP contribution in [0.5, 0.6) is 0 Å². The van der Waals surface area contributed by atoms with Crippen molar-refractivity contribution < 1.29 is 42.1 Å². The monoisotopic (exact) mass is 896 g/mol. The highest BCUT2D eigenvalue weighted by atomic mass is 31.2. The summed E-state index contributed by atoms with van der Waals surface area (Å²) in [4.78, 5) is 37.7. The molecule has 2 atom stereocenters. The van der Waals surface area contributed by atoms with E-state index in [0.29, 0.717) is 23.9 Å². The highest BCUT2D eigenvalue weighted by Gasteiger charge is 2.21. The standard InChI is InChI=1S/C52H98NO8P/c1-6-8-10-12-14-16-18-20-22-24-25-26-27-29-31-33-35-37-39-41-43-45-52(55)61-50(49-60-62(56,57)59-47-46-53(3,4)5)48-58-51(54)44-42-40-38-36-34-32-30-28-23-21-19-17-15-13-11-9-7-2/h21,23,30,32,36,38,50H,6-20,22,24-29,31,33-35,37,39-49H2,1-5H3/b23-21+,32-30+,38-36+/t50-/m1/s1. The molecular weight excluding hydrogens is 798 g/mol. The molecule has 0 aliphatic carbocycles. The molecule has 0 aliphatic heterocycles. The molecule has 9 nitrogen and oxygen atoms in total. The molecule has 0 spiro atoms. The fraction of sp³-hybridized carbons (Fsp3) is 0.846. The van der Waals surface area contributed by atoms with Gasteiger partial charge < -0.3 is 27.9 Å². The van der Waals surface area contributed by atoms with Gasteiger partial charge in [0, 0.05) is 12.8 Å². The topological polar surface area (TPSA) is 111 Å². The van der Waals surface area contributed by atoms with E-state index in [1.165, 1.54) is 148 Å². The van der Waals surface area contributed by atoms with E-state index >= 15 is 0 Å². The second kappa shape index (κ2) is 44.4. The van der Waals surface area contributed by atoms with Gasteiger partial charge in [0.25, 0.3) is 7.82 Å². The number of carbonyl (C=O) groups is 2.